The average molecular weight is 675 g/mol. The summed E-state index contributed by atoms with van der Waals surface area (Å²) in [5, 5.41) is 11.3. The van der Waals surface area contributed by atoms with Crippen LogP contribution in [0.5, 0.6) is 0 Å². The van der Waals surface area contributed by atoms with Crippen LogP contribution in [0.4, 0.5) is 10.2 Å². The van der Waals surface area contributed by atoms with E-state index in [0.717, 1.165) is 0 Å². The Hall–Kier alpha value is -2.34. The van der Waals surface area contributed by atoms with Crippen LogP contribution in [-0.4, -0.2) is 81.6 Å². The van der Waals surface area contributed by atoms with E-state index < -0.39 is 68.5 Å². The summed E-state index contributed by atoms with van der Waals surface area (Å²) in [7, 11) is 1.70. The largest absolute Gasteiger partial charge is 0.388 e. The molecule has 0 spiro atoms. The maximum Gasteiger partial charge on any atom is 0.386 e. The van der Waals surface area contributed by atoms with Crippen molar-refractivity contribution in [2.24, 2.45) is 7.05 Å². The Morgan fingerprint density at radius 2 is 1.84 bits per heavy atom. The number of halogens is 1. The van der Waals surface area contributed by atoms with Gasteiger partial charge in [-0.3, -0.25) is 23.0 Å². The summed E-state index contributed by atoms with van der Waals surface area (Å²) in [4.78, 5) is 28.8. The van der Waals surface area contributed by atoms with Crippen molar-refractivity contribution >= 4 is 66.0 Å². The molecule has 3 fully saturated rings. The Balaban J connectivity index is 1.27. The number of rotatable bonds is 2. The molecule has 10 atom stereocenters. The van der Waals surface area contributed by atoms with Crippen LogP contribution in [0, 0.1) is 0 Å². The maximum atomic E-state index is 16.3. The van der Waals surface area contributed by atoms with E-state index in [1.807, 2.05) is 0 Å². The molecule has 16 nitrogen and oxygen atoms in total. The van der Waals surface area contributed by atoms with Crippen molar-refractivity contribution in [3.8, 4) is 0 Å². The van der Waals surface area contributed by atoms with Crippen LogP contribution < -0.4 is 11.2 Å². The second kappa shape index (κ2) is 10.4. The quantitative estimate of drug-likeness (QED) is 0.178. The van der Waals surface area contributed by atoms with Crippen molar-refractivity contribution in [3.63, 3.8) is 0 Å². The number of thiol groups is 2. The molecule has 4 aromatic rings. The first-order chi connectivity index (χ1) is 20.4. The van der Waals surface area contributed by atoms with Crippen molar-refractivity contribution in [1.29, 1.82) is 0 Å². The highest BCUT2D eigenvalue weighted by atomic mass is 32.7. The van der Waals surface area contributed by atoms with Crippen molar-refractivity contribution in [3.05, 3.63) is 41.5 Å². The molecule has 0 aromatic carbocycles. The zero-order valence-electron chi connectivity index (χ0n) is 22.1. The highest BCUT2D eigenvalue weighted by Gasteiger charge is 2.59. The van der Waals surface area contributed by atoms with Gasteiger partial charge in [0.05, 0.1) is 37.5 Å². The van der Waals surface area contributed by atoms with Crippen LogP contribution >= 0.6 is 37.9 Å². The molecule has 0 amide bonds. The summed E-state index contributed by atoms with van der Waals surface area (Å²) in [5.74, 6) is 0.0668. The van der Waals surface area contributed by atoms with Crippen LogP contribution in [0.3, 0.4) is 0 Å². The second-order valence-corrected chi connectivity index (χ2v) is 17.0. The number of pyridine rings is 1. The molecule has 2 saturated heterocycles. The molecular weight excluding hydrogens is 649 g/mol. The lowest BCUT2D eigenvalue weighted by atomic mass is 10.2. The number of aliphatic hydroxyl groups excluding tert-OH is 1. The smallest absolute Gasteiger partial charge is 0.386 e. The van der Waals surface area contributed by atoms with Gasteiger partial charge in [-0.15, -0.1) is 0 Å². The molecule has 3 N–H and O–H groups in total. The molecule has 2 aliphatic heterocycles. The van der Waals surface area contributed by atoms with E-state index in [4.69, 9.17) is 24.0 Å². The minimum absolute atomic E-state index is 0.0559. The van der Waals surface area contributed by atoms with Gasteiger partial charge < -0.3 is 29.2 Å². The minimum atomic E-state index is -4.27. The van der Waals surface area contributed by atoms with Crippen LogP contribution in [0.15, 0.2) is 36.0 Å². The SMILES string of the molecule is Cn1ccc(=O)c2ncn([C@@H]3C[C@@H]4OP(=O)(S)[C@H]5[C@@H](F)[C@H](n6cnc7c(N)ncnc76)O[C@@H]5COP(=O)(S)O[C@@H]3[C@@H]4O)c21. The fourth-order valence-corrected chi connectivity index (χ4v) is 10.5. The number of imidazole rings is 2. The first-order valence-corrected chi connectivity index (χ1v) is 18.5. The van der Waals surface area contributed by atoms with E-state index >= 15 is 4.39 Å². The number of aromatic nitrogens is 7. The average Bonchev–Trinajstić information content (AvgIpc) is 3.70. The van der Waals surface area contributed by atoms with Crippen LogP contribution in [-0.2, 0) is 34.5 Å². The molecule has 1 saturated carbocycles. The topological polar surface area (TPSA) is 201 Å². The molecule has 3 aliphatic rings. The summed E-state index contributed by atoms with van der Waals surface area (Å²) in [6, 6.07) is 0.527. The number of nitrogens with two attached hydrogens (primary N) is 1. The van der Waals surface area contributed by atoms with Crippen molar-refractivity contribution in [2.75, 3.05) is 12.3 Å². The van der Waals surface area contributed by atoms with Gasteiger partial charge in [0.25, 0.3) is 6.57 Å². The van der Waals surface area contributed by atoms with E-state index in [9.17, 15) is 19.0 Å². The number of hydrogen-bond donors (Lipinski definition) is 4. The van der Waals surface area contributed by atoms with E-state index in [-0.39, 0.29) is 34.3 Å². The fraction of sp³-hybridized carbons (Fsp3) is 0.500. The Morgan fingerprint density at radius 3 is 2.63 bits per heavy atom. The summed E-state index contributed by atoms with van der Waals surface area (Å²) >= 11 is 8.41. The number of anilines is 1. The fourth-order valence-electron chi connectivity index (χ4n) is 6.04. The van der Waals surface area contributed by atoms with E-state index in [2.05, 4.69) is 44.4 Å². The van der Waals surface area contributed by atoms with Crippen LogP contribution in [0.1, 0.15) is 18.7 Å². The molecule has 4 aromatic heterocycles. The van der Waals surface area contributed by atoms with Gasteiger partial charge in [-0.2, -0.15) is 0 Å². The molecule has 21 heteroatoms. The third kappa shape index (κ3) is 4.76. The Morgan fingerprint density at radius 1 is 1.09 bits per heavy atom. The zero-order chi connectivity index (χ0) is 30.4. The molecule has 7 rings (SSSR count). The van der Waals surface area contributed by atoms with Crippen LogP contribution in [0.2, 0.25) is 0 Å². The van der Waals surface area contributed by atoms with E-state index in [1.54, 1.807) is 22.4 Å². The molecule has 0 radical (unpaired) electrons. The molecular formula is C22H25FN8O8P2S2. The van der Waals surface area contributed by atoms with Crippen molar-refractivity contribution < 1.29 is 36.9 Å². The predicted molar refractivity (Wildman–Crippen MR) is 156 cm³/mol. The number of aryl methyl sites for hydroxylation is 1. The number of aliphatic hydroxyl groups is 1. The number of nitrogen functional groups attached to an aromatic ring is 1. The highest BCUT2D eigenvalue weighted by molar-refractivity contribution is 8.46. The van der Waals surface area contributed by atoms with Crippen molar-refractivity contribution in [2.45, 2.75) is 54.9 Å². The third-order valence-corrected chi connectivity index (χ3v) is 12.6. The molecule has 2 unspecified atom stereocenters. The monoisotopic (exact) mass is 674 g/mol. The van der Waals surface area contributed by atoms with Gasteiger partial charge in [0, 0.05) is 25.7 Å². The van der Waals surface area contributed by atoms with Gasteiger partial charge in [-0.25, -0.2) is 28.9 Å². The number of fused-ring (bicyclic) bond motifs is 5. The van der Waals surface area contributed by atoms with Gasteiger partial charge in [-0.1, -0.05) is 24.5 Å². The summed E-state index contributed by atoms with van der Waals surface area (Å²) in [5.41, 5.74) is 4.92. The number of ether oxygens (including phenoxy) is 1. The number of hydrogen-bond acceptors (Lipinski definition) is 13. The van der Waals surface area contributed by atoms with E-state index in [1.165, 1.54) is 29.6 Å². The van der Waals surface area contributed by atoms with E-state index in [0.29, 0.717) is 5.65 Å². The standard InChI is InChI=1S/C22H25FN8O8P2S2/c1-29-3-2-10(32)14-21(29)30(7-27-14)9-4-11-16(33)17(9)39-41(35,43)36-5-12-18(40(34,42)38-11)13(23)22(37-12)31-8-28-15-19(24)25-6-26-20(15)31/h2-3,6-9,11-13,16-18,22,33H,4-5H2,1H3,(H,34,42)(H,35,43)(H2,24,25,26)/t9-,11+,12-,13-,16-,17+,18-,22-,40?,41?/m1/s1. The first kappa shape index (κ1) is 29.4. The number of alkyl halides is 1. The van der Waals surface area contributed by atoms with Crippen molar-refractivity contribution in [1.82, 2.24) is 33.6 Å². The predicted octanol–water partition coefficient (Wildman–Crippen LogP) is 2.03. The Bertz CT molecular complexity index is 1910. The van der Waals surface area contributed by atoms with Gasteiger partial charge >= 0.3 is 6.80 Å². The second-order valence-electron chi connectivity index (χ2n) is 10.5. The summed E-state index contributed by atoms with van der Waals surface area (Å²) in [6.07, 6.45) is -3.44. The lowest BCUT2D eigenvalue weighted by Crippen LogP contribution is -2.35. The van der Waals surface area contributed by atoms with Gasteiger partial charge in [0.1, 0.15) is 35.4 Å². The lowest BCUT2D eigenvalue weighted by Gasteiger charge is -2.28. The molecule has 43 heavy (non-hydrogen) atoms. The van der Waals surface area contributed by atoms with Gasteiger partial charge in [-0.05, 0) is 0 Å². The Kier molecular flexibility index (Phi) is 7.07. The molecule has 1 aliphatic carbocycles. The normalized spacial score (nSPS) is 38.3. The molecule has 230 valence electrons. The van der Waals surface area contributed by atoms with Crippen LogP contribution in [0.25, 0.3) is 22.3 Å². The lowest BCUT2D eigenvalue weighted by molar-refractivity contribution is -0.0358. The van der Waals surface area contributed by atoms with Gasteiger partial charge in [0.15, 0.2) is 29.4 Å². The number of nitrogens with zero attached hydrogens (tertiary/aromatic N) is 7. The van der Waals surface area contributed by atoms with Gasteiger partial charge in [0.2, 0.25) is 5.43 Å². The Labute approximate surface area is 252 Å². The zero-order valence-corrected chi connectivity index (χ0v) is 25.7. The first-order valence-electron chi connectivity index (χ1n) is 13.0. The summed E-state index contributed by atoms with van der Waals surface area (Å²) in [6.45, 7) is -9.10. The molecule has 2 bridgehead atoms. The maximum absolute atomic E-state index is 16.3. The molecule has 6 heterocycles. The summed E-state index contributed by atoms with van der Waals surface area (Å²) < 4.78 is 71.5. The third-order valence-electron chi connectivity index (χ3n) is 7.99. The minimum Gasteiger partial charge on any atom is -0.388 e. The highest BCUT2D eigenvalue weighted by Crippen LogP contribution is 2.67.